The van der Waals surface area contributed by atoms with Crippen molar-refractivity contribution in [2.75, 3.05) is 33.4 Å². The van der Waals surface area contributed by atoms with Crippen LogP contribution in [0.25, 0.3) is 11.3 Å². The van der Waals surface area contributed by atoms with Crippen LogP contribution in [0.5, 0.6) is 0 Å². The van der Waals surface area contributed by atoms with Crippen LogP contribution in [0.1, 0.15) is 33.9 Å². The van der Waals surface area contributed by atoms with E-state index in [4.69, 9.17) is 9.26 Å². The standard InChI is InChI=1S/C22H26N6O4/c1-31-11-9-23-21(29)19-15-28(26-24-19)14-16-6-5-10-27(13-16)22(30)20-12-18(25-32-20)17-7-3-2-4-8-17/h2-4,7-8,12,15-16H,5-6,9-11,13-14H2,1H3,(H,23,29)/t16-/m1/s1. The number of hydrogen-bond donors (Lipinski definition) is 1. The molecule has 1 atom stereocenters. The van der Waals surface area contributed by atoms with Crippen molar-refractivity contribution in [3.05, 3.63) is 54.0 Å². The summed E-state index contributed by atoms with van der Waals surface area (Å²) in [6.45, 7) is 2.67. The van der Waals surface area contributed by atoms with Crippen LogP contribution in [0.15, 0.2) is 47.1 Å². The minimum absolute atomic E-state index is 0.166. The van der Waals surface area contributed by atoms with Crippen molar-refractivity contribution in [1.29, 1.82) is 0 Å². The van der Waals surface area contributed by atoms with Crippen LogP contribution in [0.3, 0.4) is 0 Å². The number of rotatable bonds is 8. The van der Waals surface area contributed by atoms with Gasteiger partial charge in [0.2, 0.25) is 5.76 Å². The Morgan fingerprint density at radius 1 is 1.28 bits per heavy atom. The van der Waals surface area contributed by atoms with Crippen LogP contribution in [0.4, 0.5) is 0 Å². The van der Waals surface area contributed by atoms with Gasteiger partial charge in [0.05, 0.1) is 12.8 Å². The molecule has 1 saturated heterocycles. The van der Waals surface area contributed by atoms with Crippen LogP contribution in [-0.2, 0) is 11.3 Å². The second-order valence-electron chi connectivity index (χ2n) is 7.78. The largest absolute Gasteiger partial charge is 0.383 e. The number of ether oxygens (including phenoxy) is 1. The first-order chi connectivity index (χ1) is 15.6. The molecule has 1 aliphatic rings. The van der Waals surface area contributed by atoms with Crippen LogP contribution in [0, 0.1) is 5.92 Å². The van der Waals surface area contributed by atoms with Gasteiger partial charge in [-0.3, -0.25) is 14.3 Å². The maximum atomic E-state index is 13.0. The first kappa shape index (κ1) is 21.7. The fraction of sp³-hybridized carbons (Fsp3) is 0.409. The third kappa shape index (κ3) is 5.20. The maximum Gasteiger partial charge on any atom is 0.292 e. The smallest absolute Gasteiger partial charge is 0.292 e. The highest BCUT2D eigenvalue weighted by Crippen LogP contribution is 2.23. The predicted octanol–water partition coefficient (Wildman–Crippen LogP) is 1.86. The molecule has 4 rings (SSSR count). The molecule has 3 aromatic rings. The van der Waals surface area contributed by atoms with Crippen LogP contribution >= 0.6 is 0 Å². The summed E-state index contributed by atoms with van der Waals surface area (Å²) >= 11 is 0. The lowest BCUT2D eigenvalue weighted by Crippen LogP contribution is -2.41. The number of carbonyl (C=O) groups excluding carboxylic acids is 2. The molecule has 32 heavy (non-hydrogen) atoms. The number of nitrogens with zero attached hydrogens (tertiary/aromatic N) is 5. The van der Waals surface area contributed by atoms with Gasteiger partial charge < -0.3 is 19.5 Å². The highest BCUT2D eigenvalue weighted by atomic mass is 16.5. The van der Waals surface area contributed by atoms with Gasteiger partial charge >= 0.3 is 0 Å². The van der Waals surface area contributed by atoms with Gasteiger partial charge in [-0.2, -0.15) is 0 Å². The topological polar surface area (TPSA) is 115 Å². The van der Waals surface area contributed by atoms with E-state index in [0.717, 1.165) is 18.4 Å². The van der Waals surface area contributed by atoms with Crippen molar-refractivity contribution in [2.24, 2.45) is 5.92 Å². The monoisotopic (exact) mass is 438 g/mol. The SMILES string of the molecule is COCCNC(=O)c1cn(C[C@@H]2CCCN(C(=O)c3cc(-c4ccccc4)no3)C2)nn1. The molecule has 10 nitrogen and oxygen atoms in total. The number of piperidine rings is 1. The maximum absolute atomic E-state index is 13.0. The van der Waals surface area contributed by atoms with Gasteiger partial charge in [-0.05, 0) is 18.8 Å². The average Bonchev–Trinajstić information content (AvgIpc) is 3.50. The summed E-state index contributed by atoms with van der Waals surface area (Å²) in [7, 11) is 1.57. The highest BCUT2D eigenvalue weighted by Gasteiger charge is 2.27. The Labute approximate surface area is 185 Å². The van der Waals surface area contributed by atoms with E-state index in [0.29, 0.717) is 38.5 Å². The van der Waals surface area contributed by atoms with Crippen LogP contribution < -0.4 is 5.32 Å². The minimum atomic E-state index is -0.284. The molecule has 168 valence electrons. The molecular weight excluding hydrogens is 412 g/mol. The number of benzene rings is 1. The second kappa shape index (κ2) is 10.2. The van der Waals surface area contributed by atoms with E-state index < -0.39 is 0 Å². The quantitative estimate of drug-likeness (QED) is 0.534. The van der Waals surface area contributed by atoms with Gasteiger partial charge in [0.1, 0.15) is 5.69 Å². The zero-order valence-corrected chi connectivity index (χ0v) is 17.9. The van der Waals surface area contributed by atoms with Crippen molar-refractivity contribution in [2.45, 2.75) is 19.4 Å². The van der Waals surface area contributed by atoms with Crippen molar-refractivity contribution in [3.8, 4) is 11.3 Å². The second-order valence-corrected chi connectivity index (χ2v) is 7.78. The Bertz CT molecular complexity index is 1050. The summed E-state index contributed by atoms with van der Waals surface area (Å²) in [5.74, 6) is -0.00920. The third-order valence-corrected chi connectivity index (χ3v) is 5.40. The number of nitrogens with one attached hydrogen (secondary N) is 1. The third-order valence-electron chi connectivity index (χ3n) is 5.40. The predicted molar refractivity (Wildman–Crippen MR) is 115 cm³/mol. The Balaban J connectivity index is 1.34. The minimum Gasteiger partial charge on any atom is -0.383 e. The summed E-state index contributed by atoms with van der Waals surface area (Å²) in [5.41, 5.74) is 1.81. The summed E-state index contributed by atoms with van der Waals surface area (Å²) < 4.78 is 11.9. The number of amides is 2. The molecule has 0 bridgehead atoms. The number of carbonyl (C=O) groups is 2. The van der Waals surface area contributed by atoms with E-state index in [1.807, 2.05) is 30.3 Å². The van der Waals surface area contributed by atoms with Crippen molar-refractivity contribution in [3.63, 3.8) is 0 Å². The van der Waals surface area contributed by atoms with Crippen molar-refractivity contribution < 1.29 is 18.8 Å². The number of hydrogen-bond acceptors (Lipinski definition) is 7. The van der Waals surface area contributed by atoms with E-state index in [-0.39, 0.29) is 29.2 Å². The molecule has 3 heterocycles. The molecule has 0 radical (unpaired) electrons. The fourth-order valence-electron chi connectivity index (χ4n) is 3.79. The number of likely N-dealkylation sites (tertiary alicyclic amines) is 1. The van der Waals surface area contributed by atoms with Gasteiger partial charge in [-0.15, -0.1) is 5.10 Å². The molecule has 1 fully saturated rings. The highest BCUT2D eigenvalue weighted by molar-refractivity contribution is 5.92. The van der Waals surface area contributed by atoms with E-state index in [1.165, 1.54) is 0 Å². The molecule has 1 aromatic carbocycles. The number of aromatic nitrogens is 4. The normalized spacial score (nSPS) is 16.2. The van der Waals surface area contributed by atoms with Gasteiger partial charge in [0.25, 0.3) is 11.8 Å². The first-order valence-electron chi connectivity index (χ1n) is 10.6. The van der Waals surface area contributed by atoms with E-state index in [2.05, 4.69) is 20.8 Å². The van der Waals surface area contributed by atoms with E-state index in [1.54, 1.807) is 29.0 Å². The zero-order chi connectivity index (χ0) is 22.3. The lowest BCUT2D eigenvalue weighted by molar-refractivity contribution is 0.0618. The molecule has 0 unspecified atom stereocenters. The van der Waals surface area contributed by atoms with Gasteiger partial charge in [-0.25, -0.2) is 0 Å². The molecule has 2 aromatic heterocycles. The fourth-order valence-corrected chi connectivity index (χ4v) is 3.79. The van der Waals surface area contributed by atoms with Crippen molar-refractivity contribution >= 4 is 11.8 Å². The Morgan fingerprint density at radius 3 is 2.94 bits per heavy atom. The van der Waals surface area contributed by atoms with E-state index in [9.17, 15) is 9.59 Å². The van der Waals surface area contributed by atoms with Crippen LogP contribution in [-0.4, -0.2) is 70.2 Å². The van der Waals surface area contributed by atoms with E-state index >= 15 is 0 Å². The zero-order valence-electron chi connectivity index (χ0n) is 17.9. The summed E-state index contributed by atoms with van der Waals surface area (Å²) in [6, 6.07) is 11.3. The van der Waals surface area contributed by atoms with Crippen LogP contribution in [0.2, 0.25) is 0 Å². The summed E-state index contributed by atoms with van der Waals surface area (Å²) in [6.07, 6.45) is 3.48. The molecule has 1 aliphatic heterocycles. The molecular formula is C22H26N6O4. The molecule has 10 heteroatoms. The molecule has 2 amide bonds. The molecule has 0 aliphatic carbocycles. The van der Waals surface area contributed by atoms with Gasteiger partial charge in [0.15, 0.2) is 5.69 Å². The average molecular weight is 438 g/mol. The van der Waals surface area contributed by atoms with Crippen molar-refractivity contribution in [1.82, 2.24) is 30.4 Å². The Morgan fingerprint density at radius 2 is 2.12 bits per heavy atom. The first-order valence-corrected chi connectivity index (χ1v) is 10.6. The lowest BCUT2D eigenvalue weighted by Gasteiger charge is -2.31. The van der Waals surface area contributed by atoms with Gasteiger partial charge in [0, 0.05) is 44.9 Å². The lowest BCUT2D eigenvalue weighted by atomic mass is 9.98. The number of methoxy groups -OCH3 is 1. The summed E-state index contributed by atoms with van der Waals surface area (Å²) in [4.78, 5) is 26.8. The molecule has 0 spiro atoms. The van der Waals surface area contributed by atoms with Gasteiger partial charge in [-0.1, -0.05) is 40.7 Å². The Hall–Kier alpha value is -3.53. The summed E-state index contributed by atoms with van der Waals surface area (Å²) in [5, 5.41) is 14.8. The molecule has 0 saturated carbocycles. The molecule has 1 N–H and O–H groups in total. The Kier molecular flexibility index (Phi) is 6.90.